The first-order valence-corrected chi connectivity index (χ1v) is 8.91. The van der Waals surface area contributed by atoms with Gasteiger partial charge in [0.15, 0.2) is 0 Å². The van der Waals surface area contributed by atoms with E-state index in [4.69, 9.17) is 19.2 Å². The Kier molecular flexibility index (Phi) is 4.90. The lowest BCUT2D eigenvalue weighted by molar-refractivity contribution is 0.0597. The van der Waals surface area contributed by atoms with E-state index in [1.807, 2.05) is 38.1 Å². The van der Waals surface area contributed by atoms with Crippen molar-refractivity contribution in [2.75, 3.05) is 14.2 Å². The van der Waals surface area contributed by atoms with Crippen molar-refractivity contribution < 1.29 is 19.0 Å². The molecule has 138 valence electrons. The lowest BCUT2D eigenvalue weighted by atomic mass is 9.87. The molecule has 1 aromatic carbocycles. The van der Waals surface area contributed by atoms with Gasteiger partial charge >= 0.3 is 5.97 Å². The molecule has 0 saturated carbocycles. The van der Waals surface area contributed by atoms with Crippen molar-refractivity contribution in [3.63, 3.8) is 0 Å². The van der Waals surface area contributed by atoms with Gasteiger partial charge in [-0.15, -0.1) is 0 Å². The Morgan fingerprint density at radius 2 is 2.00 bits per heavy atom. The summed E-state index contributed by atoms with van der Waals surface area (Å²) in [6, 6.07) is 7.61. The predicted molar refractivity (Wildman–Crippen MR) is 99.8 cm³/mol. The molecule has 26 heavy (non-hydrogen) atoms. The molecular formula is C21H25NO4. The van der Waals surface area contributed by atoms with Crippen molar-refractivity contribution in [1.82, 2.24) is 4.98 Å². The van der Waals surface area contributed by atoms with Gasteiger partial charge in [-0.3, -0.25) is 4.98 Å². The van der Waals surface area contributed by atoms with Crippen LogP contribution in [0.2, 0.25) is 0 Å². The molecule has 0 radical (unpaired) electrons. The van der Waals surface area contributed by atoms with Crippen LogP contribution in [0.4, 0.5) is 0 Å². The van der Waals surface area contributed by atoms with E-state index in [0.29, 0.717) is 5.56 Å². The summed E-state index contributed by atoms with van der Waals surface area (Å²) in [5, 5.41) is 0. The van der Waals surface area contributed by atoms with Crippen LogP contribution in [-0.4, -0.2) is 25.2 Å². The first-order chi connectivity index (χ1) is 12.4. The van der Waals surface area contributed by atoms with Crippen LogP contribution < -0.4 is 9.47 Å². The molecule has 0 bridgehead atoms. The molecule has 0 spiro atoms. The maximum absolute atomic E-state index is 12.3. The highest BCUT2D eigenvalue weighted by atomic mass is 16.5. The topological polar surface area (TPSA) is 57.7 Å². The van der Waals surface area contributed by atoms with Crippen LogP contribution in [0, 0.1) is 0 Å². The SMILES string of the molecule is CCCCc1nc2c(cc1C(=O)OC)C(C)(C)Oc1cc(OC)ccc1-2. The fraction of sp³-hybridized carbons (Fsp3) is 0.429. The summed E-state index contributed by atoms with van der Waals surface area (Å²) in [5.41, 5.74) is 3.33. The van der Waals surface area contributed by atoms with Crippen LogP contribution in [0.5, 0.6) is 11.5 Å². The first-order valence-electron chi connectivity index (χ1n) is 8.91. The molecule has 2 aromatic rings. The Hall–Kier alpha value is -2.56. The molecule has 2 heterocycles. The second-order valence-corrected chi connectivity index (χ2v) is 6.95. The summed E-state index contributed by atoms with van der Waals surface area (Å²) in [6.07, 6.45) is 2.73. The number of unbranched alkanes of at least 4 members (excludes halogenated alkanes) is 1. The molecule has 0 saturated heterocycles. The number of carbonyl (C=O) groups excluding carboxylic acids is 1. The smallest absolute Gasteiger partial charge is 0.339 e. The van der Waals surface area contributed by atoms with Crippen molar-refractivity contribution in [1.29, 1.82) is 0 Å². The van der Waals surface area contributed by atoms with Crippen LogP contribution in [0.3, 0.4) is 0 Å². The number of hydrogen-bond acceptors (Lipinski definition) is 5. The molecule has 1 aromatic heterocycles. The monoisotopic (exact) mass is 355 g/mol. The quantitative estimate of drug-likeness (QED) is 0.738. The van der Waals surface area contributed by atoms with Gasteiger partial charge in [0.1, 0.15) is 17.1 Å². The van der Waals surface area contributed by atoms with Crippen LogP contribution in [0.15, 0.2) is 24.3 Å². The van der Waals surface area contributed by atoms with Gasteiger partial charge in [-0.1, -0.05) is 13.3 Å². The third-order valence-electron chi connectivity index (χ3n) is 4.73. The fourth-order valence-electron chi connectivity index (χ4n) is 3.28. The number of aryl methyl sites for hydroxylation is 1. The van der Waals surface area contributed by atoms with Gasteiger partial charge in [0.25, 0.3) is 0 Å². The van der Waals surface area contributed by atoms with E-state index in [1.54, 1.807) is 7.11 Å². The first kappa shape index (κ1) is 18.2. The lowest BCUT2D eigenvalue weighted by Gasteiger charge is -2.35. The maximum Gasteiger partial charge on any atom is 0.339 e. The molecule has 1 aliphatic rings. The van der Waals surface area contributed by atoms with E-state index in [9.17, 15) is 4.79 Å². The number of pyridine rings is 1. The molecule has 0 atom stereocenters. The highest BCUT2D eigenvalue weighted by Crippen LogP contribution is 2.46. The molecule has 5 nitrogen and oxygen atoms in total. The molecule has 0 amide bonds. The van der Waals surface area contributed by atoms with Gasteiger partial charge in [-0.2, -0.15) is 0 Å². The average molecular weight is 355 g/mol. The number of nitrogens with zero attached hydrogens (tertiary/aromatic N) is 1. The van der Waals surface area contributed by atoms with E-state index < -0.39 is 5.60 Å². The third-order valence-corrected chi connectivity index (χ3v) is 4.73. The van der Waals surface area contributed by atoms with E-state index in [-0.39, 0.29) is 5.97 Å². The third kappa shape index (κ3) is 3.14. The Morgan fingerprint density at radius 3 is 2.65 bits per heavy atom. The second kappa shape index (κ2) is 6.98. The number of rotatable bonds is 5. The van der Waals surface area contributed by atoms with Gasteiger partial charge in [0.05, 0.1) is 31.2 Å². The van der Waals surface area contributed by atoms with Crippen molar-refractivity contribution in [3.05, 3.63) is 41.1 Å². The highest BCUT2D eigenvalue weighted by molar-refractivity contribution is 5.92. The maximum atomic E-state index is 12.3. The van der Waals surface area contributed by atoms with Crippen molar-refractivity contribution >= 4 is 5.97 Å². The minimum Gasteiger partial charge on any atom is -0.497 e. The summed E-state index contributed by atoms with van der Waals surface area (Å²) in [7, 11) is 3.03. The minimum atomic E-state index is -0.617. The second-order valence-electron chi connectivity index (χ2n) is 6.95. The predicted octanol–water partition coefficient (Wildman–Crippen LogP) is 4.51. The normalized spacial score (nSPS) is 14.0. The van der Waals surface area contributed by atoms with E-state index >= 15 is 0 Å². The van der Waals surface area contributed by atoms with Crippen LogP contribution in [0.1, 0.15) is 55.2 Å². The lowest BCUT2D eigenvalue weighted by Crippen LogP contribution is -2.31. The number of benzene rings is 1. The van der Waals surface area contributed by atoms with Crippen LogP contribution in [-0.2, 0) is 16.8 Å². The van der Waals surface area contributed by atoms with Gasteiger partial charge < -0.3 is 14.2 Å². The van der Waals surface area contributed by atoms with Crippen molar-refractivity contribution in [2.24, 2.45) is 0 Å². The Bertz CT molecular complexity index is 842. The standard InChI is InChI=1S/C21H25NO4/c1-6-7-8-17-15(20(23)25-5)12-16-19(22-17)14-10-9-13(24-4)11-18(14)26-21(16,2)3/h9-12H,6-8H2,1-5H3. The van der Waals surface area contributed by atoms with Crippen LogP contribution >= 0.6 is 0 Å². The molecule has 3 rings (SSSR count). The molecule has 0 fully saturated rings. The van der Waals surface area contributed by atoms with Gasteiger partial charge in [-0.25, -0.2) is 4.79 Å². The zero-order valence-corrected chi connectivity index (χ0v) is 16.0. The van der Waals surface area contributed by atoms with Crippen LogP contribution in [0.25, 0.3) is 11.3 Å². The molecule has 1 aliphatic heterocycles. The number of fused-ring (bicyclic) bond motifs is 3. The zero-order valence-electron chi connectivity index (χ0n) is 16.0. The summed E-state index contributed by atoms with van der Waals surface area (Å²) in [5.74, 6) is 1.12. The summed E-state index contributed by atoms with van der Waals surface area (Å²) in [4.78, 5) is 17.2. The van der Waals surface area contributed by atoms with E-state index in [0.717, 1.165) is 53.3 Å². The number of aromatic nitrogens is 1. The Morgan fingerprint density at radius 1 is 1.23 bits per heavy atom. The molecule has 0 unspecified atom stereocenters. The number of esters is 1. The number of ether oxygens (including phenoxy) is 3. The zero-order chi connectivity index (χ0) is 18.9. The number of carbonyl (C=O) groups is 1. The minimum absolute atomic E-state index is 0.359. The summed E-state index contributed by atoms with van der Waals surface area (Å²) >= 11 is 0. The average Bonchev–Trinajstić information content (AvgIpc) is 2.64. The van der Waals surface area contributed by atoms with Gasteiger partial charge in [0.2, 0.25) is 0 Å². The van der Waals surface area contributed by atoms with E-state index in [1.165, 1.54) is 7.11 Å². The molecule has 0 N–H and O–H groups in total. The van der Waals surface area contributed by atoms with E-state index in [2.05, 4.69) is 6.92 Å². The summed E-state index contributed by atoms with van der Waals surface area (Å²) < 4.78 is 16.5. The Labute approximate surface area is 154 Å². The van der Waals surface area contributed by atoms with Gasteiger partial charge in [-0.05, 0) is 44.9 Å². The number of hydrogen-bond donors (Lipinski definition) is 0. The number of methoxy groups -OCH3 is 2. The molecule has 0 aliphatic carbocycles. The molecular weight excluding hydrogens is 330 g/mol. The van der Waals surface area contributed by atoms with Crippen molar-refractivity contribution in [2.45, 2.75) is 45.6 Å². The van der Waals surface area contributed by atoms with Gasteiger partial charge in [0, 0.05) is 17.2 Å². The van der Waals surface area contributed by atoms with Crippen molar-refractivity contribution in [3.8, 4) is 22.8 Å². The molecule has 5 heteroatoms. The highest BCUT2D eigenvalue weighted by Gasteiger charge is 2.35. The Balaban J connectivity index is 2.22. The largest absolute Gasteiger partial charge is 0.497 e. The fourth-order valence-corrected chi connectivity index (χ4v) is 3.28. The summed E-state index contributed by atoms with van der Waals surface area (Å²) in [6.45, 7) is 6.07.